The molecule has 1 N–H and O–H groups in total. The number of carbonyl (C=O) groups excluding carboxylic acids is 2. The lowest BCUT2D eigenvalue weighted by Crippen LogP contribution is -2.36. The molecule has 2 aromatic carbocycles. The van der Waals surface area contributed by atoms with Crippen LogP contribution in [0.4, 0.5) is 5.13 Å². The van der Waals surface area contributed by atoms with E-state index < -0.39 is 0 Å². The number of fused-ring (bicyclic) bond motifs is 1. The highest BCUT2D eigenvalue weighted by molar-refractivity contribution is 7.18. The minimum atomic E-state index is -0.215. The van der Waals surface area contributed by atoms with Crippen LogP contribution in [0, 0.1) is 5.92 Å². The lowest BCUT2D eigenvalue weighted by molar-refractivity contribution is -0.132. The van der Waals surface area contributed by atoms with Crippen LogP contribution >= 0.6 is 11.3 Å². The molecule has 2 heterocycles. The number of amides is 2. The maximum Gasteiger partial charge on any atom is 0.231 e. The molecular formula is C26H28N4O6S. The topological polar surface area (TPSA) is 112 Å². The fraction of sp³-hybridized carbons (Fsp3) is 0.385. The van der Waals surface area contributed by atoms with Gasteiger partial charge < -0.3 is 29.2 Å². The fourth-order valence-corrected chi connectivity index (χ4v) is 4.82. The van der Waals surface area contributed by atoms with Crippen molar-refractivity contribution in [2.75, 3.05) is 39.4 Å². The van der Waals surface area contributed by atoms with Gasteiger partial charge in [0.25, 0.3) is 0 Å². The van der Waals surface area contributed by atoms with Crippen molar-refractivity contribution in [2.24, 2.45) is 5.92 Å². The van der Waals surface area contributed by atoms with Gasteiger partial charge in [0.05, 0.1) is 14.2 Å². The Morgan fingerprint density at radius 3 is 2.62 bits per heavy atom. The highest BCUT2D eigenvalue weighted by Crippen LogP contribution is 2.37. The molecule has 1 saturated carbocycles. The molecule has 1 fully saturated rings. The molecule has 1 aromatic heterocycles. The molecule has 2 aliphatic rings. The van der Waals surface area contributed by atoms with Crippen LogP contribution in [0.5, 0.6) is 23.0 Å². The zero-order valence-corrected chi connectivity index (χ0v) is 21.5. The Labute approximate surface area is 218 Å². The molecule has 3 aromatic rings. The molecule has 0 bridgehead atoms. The zero-order valence-electron chi connectivity index (χ0n) is 20.7. The number of carbonyl (C=O) groups is 2. The average Bonchev–Trinajstić information content (AvgIpc) is 3.48. The molecule has 1 aliphatic carbocycles. The molecule has 5 rings (SSSR count). The molecular weight excluding hydrogens is 496 g/mol. The Balaban J connectivity index is 1.17. The van der Waals surface area contributed by atoms with Crippen molar-refractivity contribution < 1.29 is 28.5 Å². The molecule has 37 heavy (non-hydrogen) atoms. The molecule has 0 unspecified atom stereocenters. The quantitative estimate of drug-likeness (QED) is 0.404. The van der Waals surface area contributed by atoms with Crippen molar-refractivity contribution in [3.05, 3.63) is 42.0 Å². The van der Waals surface area contributed by atoms with Crippen LogP contribution < -0.4 is 24.3 Å². The van der Waals surface area contributed by atoms with Gasteiger partial charge >= 0.3 is 0 Å². The molecule has 10 nitrogen and oxygen atoms in total. The van der Waals surface area contributed by atoms with Crippen LogP contribution in [-0.4, -0.2) is 61.0 Å². The van der Waals surface area contributed by atoms with E-state index in [1.54, 1.807) is 19.1 Å². The van der Waals surface area contributed by atoms with Gasteiger partial charge in [0.15, 0.2) is 23.0 Å². The first-order valence-corrected chi connectivity index (χ1v) is 12.9. The highest BCUT2D eigenvalue weighted by atomic mass is 32.1. The van der Waals surface area contributed by atoms with Gasteiger partial charge in [-0.2, -0.15) is 0 Å². The number of hydrogen-bond acceptors (Lipinski definition) is 9. The van der Waals surface area contributed by atoms with Crippen LogP contribution in [0.1, 0.15) is 24.8 Å². The van der Waals surface area contributed by atoms with Gasteiger partial charge in [0.1, 0.15) is 5.01 Å². The van der Waals surface area contributed by atoms with Crippen LogP contribution in [0.3, 0.4) is 0 Å². The molecule has 194 valence electrons. The van der Waals surface area contributed by atoms with Gasteiger partial charge in [0, 0.05) is 31.0 Å². The second-order valence-corrected chi connectivity index (χ2v) is 9.80. The third-order valence-corrected chi connectivity index (χ3v) is 7.14. The van der Waals surface area contributed by atoms with Crippen LogP contribution in [-0.2, 0) is 16.0 Å². The van der Waals surface area contributed by atoms with Gasteiger partial charge in [0.2, 0.25) is 23.7 Å². The van der Waals surface area contributed by atoms with Gasteiger partial charge in [-0.1, -0.05) is 17.4 Å². The summed E-state index contributed by atoms with van der Waals surface area (Å²) in [6, 6.07) is 11.3. The van der Waals surface area contributed by atoms with E-state index in [-0.39, 0.29) is 30.9 Å². The second kappa shape index (κ2) is 11.0. The van der Waals surface area contributed by atoms with Gasteiger partial charge in [-0.3, -0.25) is 9.59 Å². The number of hydrogen-bond donors (Lipinski definition) is 1. The normalized spacial score (nSPS) is 13.8. The average molecular weight is 525 g/mol. The second-order valence-electron chi connectivity index (χ2n) is 8.82. The van der Waals surface area contributed by atoms with E-state index in [0.29, 0.717) is 52.6 Å². The van der Waals surface area contributed by atoms with Crippen molar-refractivity contribution in [2.45, 2.75) is 25.7 Å². The molecule has 0 radical (unpaired) electrons. The molecule has 0 atom stereocenters. The predicted octanol–water partition coefficient (Wildman–Crippen LogP) is 3.76. The molecule has 11 heteroatoms. The first-order valence-electron chi connectivity index (χ1n) is 12.1. The van der Waals surface area contributed by atoms with E-state index >= 15 is 0 Å². The van der Waals surface area contributed by atoms with E-state index in [0.717, 1.165) is 24.0 Å². The number of aromatic nitrogens is 2. The summed E-state index contributed by atoms with van der Waals surface area (Å²) in [5, 5.41) is 12.2. The molecule has 1 aliphatic heterocycles. The standard InChI is InChI=1S/C26H28N4O6S/c1-33-19-7-3-16(13-21(19)34-2)9-11-30(25(32)17-4-5-17)12-10-23(31)27-26-29-28-24(37-26)18-6-8-20-22(14-18)36-15-35-20/h3,6-8,13-14,17H,4-5,9-12,15H2,1-2H3,(H,27,29,31). The number of nitrogens with zero attached hydrogens (tertiary/aromatic N) is 3. The molecule has 0 saturated heterocycles. The van der Waals surface area contributed by atoms with Crippen molar-refractivity contribution in [1.29, 1.82) is 0 Å². The summed E-state index contributed by atoms with van der Waals surface area (Å²) in [4.78, 5) is 27.3. The maximum atomic E-state index is 12.9. The lowest BCUT2D eigenvalue weighted by Gasteiger charge is -2.23. The van der Waals surface area contributed by atoms with Gasteiger partial charge in [-0.15, -0.1) is 10.2 Å². The van der Waals surface area contributed by atoms with Crippen molar-refractivity contribution in [1.82, 2.24) is 15.1 Å². The highest BCUT2D eigenvalue weighted by Gasteiger charge is 2.33. The number of anilines is 1. The van der Waals surface area contributed by atoms with E-state index in [2.05, 4.69) is 15.5 Å². The summed E-state index contributed by atoms with van der Waals surface area (Å²) < 4.78 is 21.4. The number of methoxy groups -OCH3 is 2. The van der Waals surface area contributed by atoms with Crippen LogP contribution in [0.25, 0.3) is 10.6 Å². The van der Waals surface area contributed by atoms with Gasteiger partial charge in [-0.25, -0.2) is 0 Å². The summed E-state index contributed by atoms with van der Waals surface area (Å²) in [5.74, 6) is 2.62. The Hall–Kier alpha value is -3.86. The van der Waals surface area contributed by atoms with Crippen LogP contribution in [0.15, 0.2) is 36.4 Å². The van der Waals surface area contributed by atoms with Gasteiger partial charge in [-0.05, 0) is 55.2 Å². The maximum absolute atomic E-state index is 12.9. The molecule has 0 spiro atoms. The third-order valence-electron chi connectivity index (χ3n) is 6.26. The van der Waals surface area contributed by atoms with Crippen molar-refractivity contribution in [3.8, 4) is 33.6 Å². The number of benzene rings is 2. The third kappa shape index (κ3) is 5.93. The smallest absolute Gasteiger partial charge is 0.231 e. The first kappa shape index (κ1) is 24.8. The van der Waals surface area contributed by atoms with Crippen molar-refractivity contribution >= 4 is 28.3 Å². The minimum absolute atomic E-state index is 0.0703. The summed E-state index contributed by atoms with van der Waals surface area (Å²) >= 11 is 1.28. The Kier molecular flexibility index (Phi) is 7.40. The van der Waals surface area contributed by atoms with E-state index in [4.69, 9.17) is 18.9 Å². The summed E-state index contributed by atoms with van der Waals surface area (Å²) in [7, 11) is 3.19. The van der Waals surface area contributed by atoms with E-state index in [1.165, 1.54) is 11.3 Å². The Morgan fingerprint density at radius 2 is 1.84 bits per heavy atom. The van der Waals surface area contributed by atoms with E-state index in [1.807, 2.05) is 36.4 Å². The minimum Gasteiger partial charge on any atom is -0.493 e. The Bertz CT molecular complexity index is 1290. The number of rotatable bonds is 11. The summed E-state index contributed by atoms with van der Waals surface area (Å²) in [6.45, 7) is 1.05. The largest absolute Gasteiger partial charge is 0.493 e. The predicted molar refractivity (Wildman–Crippen MR) is 137 cm³/mol. The SMILES string of the molecule is COc1ccc(CCN(CCC(=O)Nc2nnc(-c3ccc4c(c3)OCO4)s2)C(=O)C2CC2)cc1OC. The number of nitrogens with one attached hydrogen (secondary N) is 1. The monoisotopic (exact) mass is 524 g/mol. The Morgan fingerprint density at radius 1 is 1.03 bits per heavy atom. The fourth-order valence-electron chi connectivity index (χ4n) is 4.06. The zero-order chi connectivity index (χ0) is 25.8. The molecule has 2 amide bonds. The van der Waals surface area contributed by atoms with Crippen molar-refractivity contribution in [3.63, 3.8) is 0 Å². The number of ether oxygens (including phenoxy) is 4. The lowest BCUT2D eigenvalue weighted by atomic mass is 10.1. The summed E-state index contributed by atoms with van der Waals surface area (Å²) in [5.41, 5.74) is 1.86. The first-order chi connectivity index (χ1) is 18.0. The summed E-state index contributed by atoms with van der Waals surface area (Å²) in [6.07, 6.45) is 2.63. The van der Waals surface area contributed by atoms with E-state index in [9.17, 15) is 9.59 Å². The van der Waals surface area contributed by atoms with Crippen LogP contribution in [0.2, 0.25) is 0 Å².